The number of hydrogen-bond donors (Lipinski definition) is 2. The summed E-state index contributed by atoms with van der Waals surface area (Å²) in [5.41, 5.74) is 7.10. The van der Waals surface area contributed by atoms with E-state index in [0.717, 1.165) is 30.8 Å². The van der Waals surface area contributed by atoms with Crippen molar-refractivity contribution in [3.63, 3.8) is 0 Å². The first kappa shape index (κ1) is 10.5. The van der Waals surface area contributed by atoms with Gasteiger partial charge in [0.25, 0.3) is 0 Å². The summed E-state index contributed by atoms with van der Waals surface area (Å²) in [6.07, 6.45) is 1.49. The molecule has 1 heterocycles. The molecule has 0 aromatic heterocycles. The van der Waals surface area contributed by atoms with Crippen LogP contribution in [0.3, 0.4) is 0 Å². The Bertz CT molecular complexity index is 353. The van der Waals surface area contributed by atoms with Crippen LogP contribution in [-0.2, 0) is 6.42 Å². The molecule has 1 aromatic carbocycles. The van der Waals surface area contributed by atoms with Crippen molar-refractivity contribution in [1.82, 2.24) is 4.90 Å². The first-order valence-corrected chi connectivity index (χ1v) is 5.33. The Hall–Kier alpha value is -1.06. The van der Waals surface area contributed by atoms with Gasteiger partial charge in [-0.2, -0.15) is 0 Å². The van der Waals surface area contributed by atoms with Crippen molar-refractivity contribution < 1.29 is 5.11 Å². The fourth-order valence-electron chi connectivity index (χ4n) is 2.25. The van der Waals surface area contributed by atoms with E-state index in [0.29, 0.717) is 6.42 Å². The van der Waals surface area contributed by atoms with Crippen molar-refractivity contribution in [3.8, 4) is 0 Å². The molecule has 0 aliphatic carbocycles. The molecule has 0 bridgehead atoms. The van der Waals surface area contributed by atoms with Crippen LogP contribution in [-0.4, -0.2) is 35.7 Å². The van der Waals surface area contributed by atoms with Crippen LogP contribution in [0.25, 0.3) is 0 Å². The molecule has 0 saturated carbocycles. The van der Waals surface area contributed by atoms with Crippen LogP contribution >= 0.6 is 0 Å². The Labute approximate surface area is 90.5 Å². The van der Waals surface area contributed by atoms with Gasteiger partial charge < -0.3 is 15.7 Å². The molecule has 3 N–H and O–H groups in total. The Morgan fingerprint density at radius 3 is 2.80 bits per heavy atom. The molecule has 15 heavy (non-hydrogen) atoms. The molecule has 1 aliphatic rings. The quantitative estimate of drug-likeness (QED) is 0.706. The van der Waals surface area contributed by atoms with Crippen molar-refractivity contribution in [2.24, 2.45) is 0 Å². The van der Waals surface area contributed by atoms with E-state index in [2.05, 4.69) is 4.90 Å². The van der Waals surface area contributed by atoms with Crippen LogP contribution in [0.15, 0.2) is 24.3 Å². The second kappa shape index (κ2) is 3.83. The number of aliphatic hydroxyl groups is 1. The van der Waals surface area contributed by atoms with Gasteiger partial charge in [0.05, 0.1) is 5.60 Å². The molecule has 1 aliphatic heterocycles. The summed E-state index contributed by atoms with van der Waals surface area (Å²) >= 11 is 0. The minimum atomic E-state index is -0.593. The lowest BCUT2D eigenvalue weighted by Crippen LogP contribution is -2.34. The number of β-amino-alcohol motifs (C(OH)–C–C–N with tert-alkyl or cyclic N) is 1. The molecular weight excluding hydrogens is 188 g/mol. The van der Waals surface area contributed by atoms with Crippen LogP contribution in [0.5, 0.6) is 0 Å². The summed E-state index contributed by atoms with van der Waals surface area (Å²) in [5, 5.41) is 10.3. The Kier molecular flexibility index (Phi) is 2.67. The standard InChI is InChI=1S/C12H18N2O/c1-14-7-6-12(15,9-14)8-10-4-2-3-5-11(10)13/h2-5,15H,6-9,13H2,1H3. The molecule has 82 valence electrons. The summed E-state index contributed by atoms with van der Waals surface area (Å²) in [4.78, 5) is 2.15. The largest absolute Gasteiger partial charge is 0.399 e. The zero-order valence-electron chi connectivity index (χ0n) is 9.11. The number of likely N-dealkylation sites (tertiary alicyclic amines) is 1. The maximum absolute atomic E-state index is 10.3. The van der Waals surface area contributed by atoms with Gasteiger partial charge in [0.2, 0.25) is 0 Å². The Morgan fingerprint density at radius 2 is 2.20 bits per heavy atom. The highest BCUT2D eigenvalue weighted by Crippen LogP contribution is 2.26. The lowest BCUT2D eigenvalue weighted by molar-refractivity contribution is 0.0525. The number of nitrogens with zero attached hydrogens (tertiary/aromatic N) is 1. The highest BCUT2D eigenvalue weighted by atomic mass is 16.3. The van der Waals surface area contributed by atoms with E-state index in [1.807, 2.05) is 31.3 Å². The van der Waals surface area contributed by atoms with E-state index in [1.54, 1.807) is 0 Å². The van der Waals surface area contributed by atoms with Gasteiger partial charge in [-0.25, -0.2) is 0 Å². The molecular formula is C12H18N2O. The average Bonchev–Trinajstić information content (AvgIpc) is 2.51. The summed E-state index contributed by atoms with van der Waals surface area (Å²) in [6.45, 7) is 1.70. The smallest absolute Gasteiger partial charge is 0.0827 e. The fourth-order valence-corrected chi connectivity index (χ4v) is 2.25. The molecule has 3 heteroatoms. The van der Waals surface area contributed by atoms with Crippen LogP contribution in [0, 0.1) is 0 Å². The van der Waals surface area contributed by atoms with Gasteiger partial charge in [-0.05, 0) is 25.1 Å². The van der Waals surface area contributed by atoms with E-state index in [-0.39, 0.29) is 0 Å². The van der Waals surface area contributed by atoms with Crippen LogP contribution in [0.4, 0.5) is 5.69 Å². The van der Waals surface area contributed by atoms with Crippen molar-refractivity contribution in [3.05, 3.63) is 29.8 Å². The third-order valence-corrected chi connectivity index (χ3v) is 3.10. The number of benzene rings is 1. The lowest BCUT2D eigenvalue weighted by Gasteiger charge is -2.23. The maximum atomic E-state index is 10.3. The van der Waals surface area contributed by atoms with E-state index < -0.39 is 5.60 Å². The van der Waals surface area contributed by atoms with Crippen LogP contribution in [0.1, 0.15) is 12.0 Å². The average molecular weight is 206 g/mol. The number of hydrogen-bond acceptors (Lipinski definition) is 3. The van der Waals surface area contributed by atoms with E-state index in [9.17, 15) is 5.11 Å². The molecule has 1 aromatic rings. The highest BCUT2D eigenvalue weighted by Gasteiger charge is 2.34. The van der Waals surface area contributed by atoms with Gasteiger partial charge in [0.15, 0.2) is 0 Å². The molecule has 1 unspecified atom stereocenters. The highest BCUT2D eigenvalue weighted by molar-refractivity contribution is 5.47. The molecule has 0 radical (unpaired) electrons. The first-order chi connectivity index (χ1) is 7.09. The molecule has 1 fully saturated rings. The van der Waals surface area contributed by atoms with E-state index in [4.69, 9.17) is 5.73 Å². The van der Waals surface area contributed by atoms with E-state index in [1.165, 1.54) is 0 Å². The van der Waals surface area contributed by atoms with Crippen molar-refractivity contribution in [2.45, 2.75) is 18.4 Å². The predicted octanol–water partition coefficient (Wildman–Crippen LogP) is 0.878. The summed E-state index contributed by atoms with van der Waals surface area (Å²) in [7, 11) is 2.03. The number of nitrogens with two attached hydrogens (primary N) is 1. The van der Waals surface area contributed by atoms with Gasteiger partial charge in [-0.3, -0.25) is 0 Å². The first-order valence-electron chi connectivity index (χ1n) is 5.33. The second-order valence-electron chi connectivity index (χ2n) is 4.59. The summed E-state index contributed by atoms with van der Waals surface area (Å²) in [5.74, 6) is 0. The predicted molar refractivity (Wildman–Crippen MR) is 61.6 cm³/mol. The zero-order chi connectivity index (χ0) is 10.9. The maximum Gasteiger partial charge on any atom is 0.0827 e. The van der Waals surface area contributed by atoms with Gasteiger partial charge in [-0.15, -0.1) is 0 Å². The van der Waals surface area contributed by atoms with Gasteiger partial charge in [0, 0.05) is 25.2 Å². The summed E-state index contributed by atoms with van der Waals surface area (Å²) in [6, 6.07) is 7.76. The summed E-state index contributed by atoms with van der Waals surface area (Å²) < 4.78 is 0. The minimum absolute atomic E-state index is 0.593. The van der Waals surface area contributed by atoms with Gasteiger partial charge in [0.1, 0.15) is 0 Å². The van der Waals surface area contributed by atoms with Gasteiger partial charge in [-0.1, -0.05) is 18.2 Å². The SMILES string of the molecule is CN1CCC(O)(Cc2ccccc2N)C1. The van der Waals surface area contributed by atoms with Crippen molar-refractivity contribution in [2.75, 3.05) is 25.9 Å². The number of anilines is 1. The van der Waals surface area contributed by atoms with Crippen molar-refractivity contribution in [1.29, 1.82) is 0 Å². The van der Waals surface area contributed by atoms with Crippen LogP contribution in [0.2, 0.25) is 0 Å². The number of para-hydroxylation sites is 1. The number of rotatable bonds is 2. The van der Waals surface area contributed by atoms with Crippen molar-refractivity contribution >= 4 is 5.69 Å². The monoisotopic (exact) mass is 206 g/mol. The Morgan fingerprint density at radius 1 is 1.47 bits per heavy atom. The third kappa shape index (κ3) is 2.30. The minimum Gasteiger partial charge on any atom is -0.399 e. The molecule has 1 saturated heterocycles. The number of likely N-dealkylation sites (N-methyl/N-ethyl adjacent to an activating group) is 1. The zero-order valence-corrected chi connectivity index (χ0v) is 9.11. The molecule has 1 atom stereocenters. The molecule has 0 amide bonds. The molecule has 3 nitrogen and oxygen atoms in total. The molecule has 2 rings (SSSR count). The third-order valence-electron chi connectivity index (χ3n) is 3.10. The second-order valence-corrected chi connectivity index (χ2v) is 4.59. The topological polar surface area (TPSA) is 49.5 Å². The Balaban J connectivity index is 2.12. The molecule has 0 spiro atoms. The normalized spacial score (nSPS) is 27.1. The fraction of sp³-hybridized carbons (Fsp3) is 0.500. The van der Waals surface area contributed by atoms with Gasteiger partial charge >= 0.3 is 0 Å². The van der Waals surface area contributed by atoms with Crippen LogP contribution < -0.4 is 5.73 Å². The number of nitrogen functional groups attached to an aromatic ring is 1. The van der Waals surface area contributed by atoms with E-state index >= 15 is 0 Å². The lowest BCUT2D eigenvalue weighted by atomic mass is 9.93.